The molecule has 3 aliphatic rings. The first kappa shape index (κ1) is 13.3. The fraction of sp³-hybridized carbons (Fsp3) is 0.750. The van der Waals surface area contributed by atoms with Crippen LogP contribution in [0.15, 0.2) is 5.10 Å². The van der Waals surface area contributed by atoms with E-state index in [1.807, 2.05) is 4.90 Å². The number of amides is 3. The van der Waals surface area contributed by atoms with Gasteiger partial charge in [-0.25, -0.2) is 9.69 Å². The Morgan fingerprint density at radius 1 is 1.30 bits per heavy atom. The SMILES string of the molecule is CN1C(=O)NC(=O)C2C1NC1NN=C(C(C)(C)C)CN12. The Kier molecular flexibility index (Phi) is 2.77. The maximum absolute atomic E-state index is 12.1. The van der Waals surface area contributed by atoms with Crippen LogP contribution in [0.5, 0.6) is 0 Å². The number of hydrogen-bond acceptors (Lipinski definition) is 6. The molecule has 0 bridgehead atoms. The molecule has 3 atom stereocenters. The maximum Gasteiger partial charge on any atom is 0.325 e. The van der Waals surface area contributed by atoms with Crippen molar-refractivity contribution in [3.8, 4) is 0 Å². The Bertz CT molecular complexity index is 497. The zero-order valence-corrected chi connectivity index (χ0v) is 12.1. The van der Waals surface area contributed by atoms with Crippen molar-refractivity contribution >= 4 is 17.6 Å². The summed E-state index contributed by atoms with van der Waals surface area (Å²) >= 11 is 0. The topological polar surface area (TPSA) is 89.1 Å². The zero-order chi connectivity index (χ0) is 14.7. The number of hydrogen-bond donors (Lipinski definition) is 3. The monoisotopic (exact) mass is 280 g/mol. The fourth-order valence-corrected chi connectivity index (χ4v) is 2.76. The Morgan fingerprint density at radius 2 is 2.00 bits per heavy atom. The molecular formula is C12H20N6O2. The maximum atomic E-state index is 12.1. The molecule has 2 saturated heterocycles. The number of imide groups is 1. The average Bonchev–Trinajstić information content (AvgIpc) is 2.73. The molecule has 0 aromatic rings. The van der Waals surface area contributed by atoms with Gasteiger partial charge in [0.15, 0.2) is 6.29 Å². The van der Waals surface area contributed by atoms with Crippen LogP contribution in [0.25, 0.3) is 0 Å². The summed E-state index contributed by atoms with van der Waals surface area (Å²) in [4.78, 5) is 27.3. The van der Waals surface area contributed by atoms with Crippen molar-refractivity contribution in [3.05, 3.63) is 0 Å². The molecular weight excluding hydrogens is 260 g/mol. The van der Waals surface area contributed by atoms with Gasteiger partial charge in [0.25, 0.3) is 0 Å². The Labute approximate surface area is 117 Å². The molecule has 0 aromatic carbocycles. The minimum absolute atomic E-state index is 0.0665. The number of nitrogens with one attached hydrogen (secondary N) is 3. The summed E-state index contributed by atoms with van der Waals surface area (Å²) in [6.45, 7) is 6.87. The van der Waals surface area contributed by atoms with Crippen molar-refractivity contribution in [2.45, 2.75) is 39.3 Å². The van der Waals surface area contributed by atoms with Gasteiger partial charge in [-0.05, 0) is 0 Å². The predicted octanol–water partition coefficient (Wildman–Crippen LogP) is -0.943. The first-order chi connectivity index (χ1) is 9.29. The van der Waals surface area contributed by atoms with Crippen molar-refractivity contribution < 1.29 is 9.59 Å². The Balaban J connectivity index is 1.87. The Morgan fingerprint density at radius 3 is 2.65 bits per heavy atom. The first-order valence-electron chi connectivity index (χ1n) is 6.71. The van der Waals surface area contributed by atoms with Crippen molar-refractivity contribution in [2.75, 3.05) is 13.6 Å². The van der Waals surface area contributed by atoms with E-state index in [0.29, 0.717) is 6.54 Å². The van der Waals surface area contributed by atoms with Crippen LogP contribution in [0, 0.1) is 5.41 Å². The second-order valence-corrected chi connectivity index (χ2v) is 6.47. The number of nitrogens with zero attached hydrogens (tertiary/aromatic N) is 3. The van der Waals surface area contributed by atoms with E-state index in [9.17, 15) is 9.59 Å². The van der Waals surface area contributed by atoms with Crippen molar-refractivity contribution in [1.29, 1.82) is 0 Å². The van der Waals surface area contributed by atoms with Gasteiger partial charge in [0, 0.05) is 19.0 Å². The van der Waals surface area contributed by atoms with Gasteiger partial charge < -0.3 is 4.90 Å². The first-order valence-corrected chi connectivity index (χ1v) is 6.71. The third-order valence-electron chi connectivity index (χ3n) is 4.07. The molecule has 3 N–H and O–H groups in total. The molecule has 2 fully saturated rings. The van der Waals surface area contributed by atoms with Crippen LogP contribution in [0.4, 0.5) is 4.79 Å². The molecule has 3 amide bonds. The van der Waals surface area contributed by atoms with Gasteiger partial charge in [-0.2, -0.15) is 5.10 Å². The molecule has 0 saturated carbocycles. The third-order valence-corrected chi connectivity index (χ3v) is 4.07. The number of urea groups is 1. The predicted molar refractivity (Wildman–Crippen MR) is 72.5 cm³/mol. The minimum atomic E-state index is -0.400. The van der Waals surface area contributed by atoms with E-state index in [2.05, 4.69) is 41.9 Å². The lowest BCUT2D eigenvalue weighted by molar-refractivity contribution is -0.127. The Hall–Kier alpha value is -1.67. The second kappa shape index (κ2) is 4.16. The molecule has 0 spiro atoms. The van der Waals surface area contributed by atoms with Crippen LogP contribution in [0.3, 0.4) is 0 Å². The largest absolute Gasteiger partial charge is 0.325 e. The van der Waals surface area contributed by atoms with Gasteiger partial charge in [-0.1, -0.05) is 20.8 Å². The highest BCUT2D eigenvalue weighted by Crippen LogP contribution is 2.27. The fourth-order valence-electron chi connectivity index (χ4n) is 2.76. The highest BCUT2D eigenvalue weighted by atomic mass is 16.2. The van der Waals surface area contributed by atoms with Gasteiger partial charge in [0.1, 0.15) is 12.2 Å². The van der Waals surface area contributed by atoms with E-state index in [-0.39, 0.29) is 29.8 Å². The summed E-state index contributed by atoms with van der Waals surface area (Å²) in [6.07, 6.45) is -0.557. The van der Waals surface area contributed by atoms with Crippen molar-refractivity contribution in [1.82, 2.24) is 25.9 Å². The summed E-state index contributed by atoms with van der Waals surface area (Å²) in [6, 6.07) is -0.774. The van der Waals surface area contributed by atoms with E-state index in [0.717, 1.165) is 5.71 Å². The van der Waals surface area contributed by atoms with Crippen LogP contribution in [-0.2, 0) is 4.79 Å². The second-order valence-electron chi connectivity index (χ2n) is 6.47. The number of likely N-dealkylation sites (N-methyl/N-ethyl adjacent to an activating group) is 1. The van der Waals surface area contributed by atoms with Gasteiger partial charge >= 0.3 is 6.03 Å². The van der Waals surface area contributed by atoms with Crippen molar-refractivity contribution in [3.63, 3.8) is 0 Å². The highest BCUT2D eigenvalue weighted by molar-refractivity contribution is 6.01. The summed E-state index contributed by atoms with van der Waals surface area (Å²) in [5.74, 6) is -0.259. The van der Waals surface area contributed by atoms with Crippen LogP contribution in [0.2, 0.25) is 0 Å². The highest BCUT2D eigenvalue weighted by Gasteiger charge is 2.52. The molecule has 8 nitrogen and oxygen atoms in total. The zero-order valence-electron chi connectivity index (χ0n) is 12.1. The molecule has 0 aromatic heterocycles. The van der Waals surface area contributed by atoms with E-state index < -0.39 is 6.04 Å². The minimum Gasteiger partial charge on any atom is -0.310 e. The normalized spacial score (nSPS) is 34.1. The smallest absolute Gasteiger partial charge is 0.310 e. The molecule has 8 heteroatoms. The molecule has 3 rings (SSSR count). The lowest BCUT2D eigenvalue weighted by Crippen LogP contribution is -2.65. The number of rotatable bonds is 0. The van der Waals surface area contributed by atoms with Crippen LogP contribution in [-0.4, -0.2) is 59.5 Å². The van der Waals surface area contributed by atoms with Gasteiger partial charge in [-0.3, -0.25) is 20.9 Å². The molecule has 3 unspecified atom stereocenters. The molecule has 20 heavy (non-hydrogen) atoms. The molecule has 0 radical (unpaired) electrons. The quantitative estimate of drug-likeness (QED) is 0.533. The number of carbonyl (C=O) groups excluding carboxylic acids is 2. The average molecular weight is 280 g/mol. The van der Waals surface area contributed by atoms with Gasteiger partial charge in [-0.15, -0.1) is 0 Å². The molecule has 110 valence electrons. The van der Waals surface area contributed by atoms with E-state index in [1.165, 1.54) is 4.90 Å². The lowest BCUT2D eigenvalue weighted by atomic mass is 9.89. The van der Waals surface area contributed by atoms with Crippen LogP contribution in [0.1, 0.15) is 20.8 Å². The van der Waals surface area contributed by atoms with Gasteiger partial charge in [0.05, 0.1) is 5.71 Å². The number of hydrazone groups is 1. The van der Waals surface area contributed by atoms with Crippen molar-refractivity contribution in [2.24, 2.45) is 10.5 Å². The van der Waals surface area contributed by atoms with Crippen LogP contribution >= 0.6 is 0 Å². The summed E-state index contributed by atoms with van der Waals surface area (Å²) < 4.78 is 0. The lowest BCUT2D eigenvalue weighted by Gasteiger charge is -2.38. The van der Waals surface area contributed by atoms with E-state index >= 15 is 0 Å². The summed E-state index contributed by atoms with van der Waals surface area (Å²) in [5.41, 5.74) is 3.96. The van der Waals surface area contributed by atoms with E-state index in [1.54, 1.807) is 7.05 Å². The molecule has 3 aliphatic heterocycles. The summed E-state index contributed by atoms with van der Waals surface area (Å²) in [5, 5.41) is 10.0. The summed E-state index contributed by atoms with van der Waals surface area (Å²) in [7, 11) is 1.68. The standard InChI is InChI=1S/C12H20N6O2/c1-12(2,3)6-5-18-7-8(13-10(18)16-15-6)17(4)11(20)14-9(7)19/h7-8,10,13,16H,5H2,1-4H3,(H,14,19,20). The molecule has 3 heterocycles. The van der Waals surface area contributed by atoms with Crippen LogP contribution < -0.4 is 16.1 Å². The molecule has 0 aliphatic carbocycles. The van der Waals surface area contributed by atoms with E-state index in [4.69, 9.17) is 0 Å². The van der Waals surface area contributed by atoms with Gasteiger partial charge in [0.2, 0.25) is 5.91 Å². The third kappa shape index (κ3) is 1.87. The number of carbonyl (C=O) groups is 2. The number of fused-ring (bicyclic) bond motifs is 3.